The molecule has 0 radical (unpaired) electrons. The quantitative estimate of drug-likeness (QED) is 0.505. The van der Waals surface area contributed by atoms with E-state index in [1.54, 1.807) is 24.3 Å². The third kappa shape index (κ3) is 5.81. The zero-order valence-electron chi connectivity index (χ0n) is 15.1. The van der Waals surface area contributed by atoms with Crippen molar-refractivity contribution in [1.82, 2.24) is 0 Å². The molecule has 3 aromatic rings. The van der Waals surface area contributed by atoms with E-state index in [9.17, 15) is 4.79 Å². The van der Waals surface area contributed by atoms with Gasteiger partial charge in [0.1, 0.15) is 18.1 Å². The molecule has 0 aliphatic carbocycles. The van der Waals surface area contributed by atoms with Gasteiger partial charge in [0.2, 0.25) is 5.91 Å². The van der Waals surface area contributed by atoms with Crippen molar-refractivity contribution in [2.24, 2.45) is 0 Å². The third-order valence-corrected chi connectivity index (χ3v) is 4.02. The van der Waals surface area contributed by atoms with Crippen LogP contribution in [0.2, 0.25) is 5.02 Å². The normalized spacial score (nSPS) is 9.93. The highest BCUT2D eigenvalue weighted by molar-refractivity contribution is 6.34. The van der Waals surface area contributed by atoms with E-state index >= 15 is 0 Å². The topological polar surface area (TPSA) is 73.6 Å². The Morgan fingerprint density at radius 2 is 1.68 bits per heavy atom. The van der Waals surface area contributed by atoms with Crippen LogP contribution in [0, 0.1) is 0 Å². The van der Waals surface area contributed by atoms with Crippen molar-refractivity contribution in [3.8, 4) is 17.2 Å². The summed E-state index contributed by atoms with van der Waals surface area (Å²) >= 11 is 6.09. The van der Waals surface area contributed by atoms with Crippen molar-refractivity contribution in [3.63, 3.8) is 0 Å². The Morgan fingerprint density at radius 3 is 2.32 bits per heavy atom. The largest absolute Gasteiger partial charge is 0.489 e. The molecule has 0 aliphatic rings. The van der Waals surface area contributed by atoms with Gasteiger partial charge in [0.15, 0.2) is 5.75 Å². The summed E-state index contributed by atoms with van der Waals surface area (Å²) in [5.74, 6) is 1.49. The number of carbonyl (C=O) groups excluding carboxylic acids is 1. The molecule has 0 spiro atoms. The van der Waals surface area contributed by atoms with E-state index in [4.69, 9.17) is 26.8 Å². The molecule has 28 heavy (non-hydrogen) atoms. The molecule has 0 saturated carbocycles. The van der Waals surface area contributed by atoms with Crippen LogP contribution in [0.1, 0.15) is 12.5 Å². The van der Waals surface area contributed by atoms with Gasteiger partial charge in [0.25, 0.3) is 0 Å². The SMILES string of the molecule is CC(=O)Nc1cc(Oc2ccc(OCc3ccccc3)cc2)c(N)cc1Cl.Cl. The summed E-state index contributed by atoms with van der Waals surface area (Å²) in [6.07, 6.45) is 0. The molecule has 0 aromatic heterocycles. The molecule has 0 saturated heterocycles. The van der Waals surface area contributed by atoms with E-state index < -0.39 is 0 Å². The van der Waals surface area contributed by atoms with E-state index in [-0.39, 0.29) is 18.3 Å². The third-order valence-electron chi connectivity index (χ3n) is 3.71. The number of ether oxygens (including phenoxy) is 2. The number of hydrogen-bond acceptors (Lipinski definition) is 4. The molecule has 3 aromatic carbocycles. The van der Waals surface area contributed by atoms with E-state index in [0.29, 0.717) is 34.5 Å². The highest BCUT2D eigenvalue weighted by Gasteiger charge is 2.10. The van der Waals surface area contributed by atoms with E-state index in [1.165, 1.54) is 6.92 Å². The van der Waals surface area contributed by atoms with Gasteiger partial charge in [0.05, 0.1) is 16.4 Å². The van der Waals surface area contributed by atoms with Gasteiger partial charge in [-0.05, 0) is 35.9 Å². The van der Waals surface area contributed by atoms with Gasteiger partial charge in [-0.2, -0.15) is 0 Å². The van der Waals surface area contributed by atoms with Crippen molar-refractivity contribution < 1.29 is 14.3 Å². The molecule has 0 unspecified atom stereocenters. The average molecular weight is 419 g/mol. The number of nitrogens with two attached hydrogens (primary N) is 1. The minimum atomic E-state index is -0.229. The van der Waals surface area contributed by atoms with Crippen molar-refractivity contribution in [1.29, 1.82) is 0 Å². The first kappa shape index (κ1) is 21.4. The monoisotopic (exact) mass is 418 g/mol. The lowest BCUT2D eigenvalue weighted by atomic mass is 10.2. The van der Waals surface area contributed by atoms with Crippen molar-refractivity contribution in [2.45, 2.75) is 13.5 Å². The van der Waals surface area contributed by atoms with Crippen LogP contribution in [0.4, 0.5) is 11.4 Å². The van der Waals surface area contributed by atoms with Gasteiger partial charge < -0.3 is 20.5 Å². The molecule has 3 N–H and O–H groups in total. The summed E-state index contributed by atoms with van der Waals surface area (Å²) in [7, 11) is 0. The Kier molecular flexibility index (Phi) is 7.55. The van der Waals surface area contributed by atoms with Gasteiger partial charge in [-0.25, -0.2) is 0 Å². The number of halogens is 2. The Bertz CT molecular complexity index is 932. The molecule has 7 heteroatoms. The maximum Gasteiger partial charge on any atom is 0.221 e. The summed E-state index contributed by atoms with van der Waals surface area (Å²) in [6.45, 7) is 1.90. The van der Waals surface area contributed by atoms with Crippen molar-refractivity contribution in [2.75, 3.05) is 11.1 Å². The summed E-state index contributed by atoms with van der Waals surface area (Å²) in [4.78, 5) is 11.3. The van der Waals surface area contributed by atoms with Crippen LogP contribution < -0.4 is 20.5 Å². The van der Waals surface area contributed by atoms with E-state index in [0.717, 1.165) is 11.3 Å². The highest BCUT2D eigenvalue weighted by atomic mass is 35.5. The van der Waals surface area contributed by atoms with Crippen LogP contribution in [0.15, 0.2) is 66.7 Å². The van der Waals surface area contributed by atoms with Gasteiger partial charge in [0, 0.05) is 13.0 Å². The van der Waals surface area contributed by atoms with Crippen LogP contribution in [-0.2, 0) is 11.4 Å². The van der Waals surface area contributed by atoms with Crippen molar-refractivity contribution >= 4 is 41.3 Å². The van der Waals surface area contributed by atoms with Gasteiger partial charge >= 0.3 is 0 Å². The van der Waals surface area contributed by atoms with Crippen LogP contribution in [0.5, 0.6) is 17.2 Å². The predicted octanol–water partition coefficient (Wildman–Crippen LogP) is 5.67. The second-order valence-corrected chi connectivity index (χ2v) is 6.31. The molecule has 1 amide bonds. The molecule has 5 nitrogen and oxygen atoms in total. The Balaban J connectivity index is 0.00000280. The fourth-order valence-corrected chi connectivity index (χ4v) is 2.63. The summed E-state index contributed by atoms with van der Waals surface area (Å²) in [5.41, 5.74) is 7.87. The molecule has 0 bridgehead atoms. The molecule has 146 valence electrons. The van der Waals surface area contributed by atoms with Crippen LogP contribution in [0.3, 0.4) is 0 Å². The highest BCUT2D eigenvalue weighted by Crippen LogP contribution is 2.35. The van der Waals surface area contributed by atoms with Gasteiger partial charge in [-0.1, -0.05) is 41.9 Å². The lowest BCUT2D eigenvalue weighted by Crippen LogP contribution is -2.07. The van der Waals surface area contributed by atoms with Gasteiger partial charge in [-0.15, -0.1) is 12.4 Å². The maximum absolute atomic E-state index is 11.3. The van der Waals surface area contributed by atoms with E-state index in [1.807, 2.05) is 42.5 Å². The maximum atomic E-state index is 11.3. The standard InChI is InChI=1S/C21H19ClN2O3.ClH/c1-14(25)24-20-12-21(19(23)11-18(20)22)27-17-9-7-16(8-10-17)26-13-15-5-3-2-4-6-15;/h2-12H,13,23H2,1H3,(H,24,25);1H. The second-order valence-electron chi connectivity index (χ2n) is 5.90. The first-order valence-electron chi connectivity index (χ1n) is 8.32. The minimum absolute atomic E-state index is 0. The zero-order chi connectivity index (χ0) is 19.2. The van der Waals surface area contributed by atoms with Crippen LogP contribution in [-0.4, -0.2) is 5.91 Å². The molecule has 0 aliphatic heterocycles. The average Bonchev–Trinajstić information content (AvgIpc) is 2.65. The van der Waals surface area contributed by atoms with Crippen molar-refractivity contribution in [3.05, 3.63) is 77.3 Å². The molecular formula is C21H20Cl2N2O3. The number of anilines is 2. The fourth-order valence-electron chi connectivity index (χ4n) is 2.41. The van der Waals surface area contributed by atoms with Crippen LogP contribution >= 0.6 is 24.0 Å². The van der Waals surface area contributed by atoms with Crippen LogP contribution in [0.25, 0.3) is 0 Å². The van der Waals surface area contributed by atoms with E-state index in [2.05, 4.69) is 5.32 Å². The molecule has 0 heterocycles. The Labute approximate surface area is 174 Å². The first-order chi connectivity index (χ1) is 13.0. The predicted molar refractivity (Wildman–Crippen MR) is 115 cm³/mol. The number of benzene rings is 3. The Morgan fingerprint density at radius 1 is 1.04 bits per heavy atom. The lowest BCUT2D eigenvalue weighted by molar-refractivity contribution is -0.114. The number of nitrogens with one attached hydrogen (secondary N) is 1. The van der Waals surface area contributed by atoms with Gasteiger partial charge in [-0.3, -0.25) is 4.79 Å². The molecule has 3 rings (SSSR count). The molecule has 0 fully saturated rings. The summed E-state index contributed by atoms with van der Waals surface area (Å²) < 4.78 is 11.6. The number of nitrogen functional groups attached to an aromatic ring is 1. The number of carbonyl (C=O) groups is 1. The molecular weight excluding hydrogens is 399 g/mol. The fraction of sp³-hybridized carbons (Fsp3) is 0.0952. The first-order valence-corrected chi connectivity index (χ1v) is 8.70. The smallest absolute Gasteiger partial charge is 0.221 e. The summed E-state index contributed by atoms with van der Waals surface area (Å²) in [5, 5.41) is 2.99. The Hall–Kier alpha value is -2.89. The number of hydrogen-bond donors (Lipinski definition) is 2. The number of amides is 1. The zero-order valence-corrected chi connectivity index (χ0v) is 16.7. The molecule has 0 atom stereocenters. The minimum Gasteiger partial charge on any atom is -0.489 e. The second kappa shape index (κ2) is 9.88. The number of rotatable bonds is 6. The summed E-state index contributed by atoms with van der Waals surface area (Å²) in [6, 6.07) is 20.3. The lowest BCUT2D eigenvalue weighted by Gasteiger charge is -2.13.